The van der Waals surface area contributed by atoms with Gasteiger partial charge in [0.2, 0.25) is 0 Å². The molecule has 11 heavy (non-hydrogen) atoms. The van der Waals surface area contributed by atoms with Crippen LogP contribution in [0.5, 0.6) is 0 Å². The molecule has 0 amide bonds. The summed E-state index contributed by atoms with van der Waals surface area (Å²) in [5.74, 6) is 0.930. The second-order valence-corrected chi connectivity index (χ2v) is 4.67. The van der Waals surface area contributed by atoms with Crippen molar-refractivity contribution in [3.05, 3.63) is 18.1 Å². The molecule has 0 spiro atoms. The fraction of sp³-hybridized carbons (Fsp3) is 0.429. The van der Waals surface area contributed by atoms with Crippen molar-refractivity contribution in [1.29, 1.82) is 4.78 Å². The Kier molecular flexibility index (Phi) is 2.04. The lowest BCUT2D eigenvalue weighted by Crippen LogP contribution is -2.01. The van der Waals surface area contributed by atoms with E-state index in [0.29, 0.717) is 16.4 Å². The third-order valence-corrected chi connectivity index (χ3v) is 3.52. The third-order valence-electron chi connectivity index (χ3n) is 1.57. The lowest BCUT2D eigenvalue weighted by Gasteiger charge is -2.00. The molecular weight excluding hydrogens is 162 g/mol. The monoisotopic (exact) mass is 173 g/mol. The summed E-state index contributed by atoms with van der Waals surface area (Å²) in [5.41, 5.74) is 0. The van der Waals surface area contributed by atoms with Gasteiger partial charge < -0.3 is 4.42 Å². The summed E-state index contributed by atoms with van der Waals surface area (Å²) in [6.07, 6.45) is 1.47. The summed E-state index contributed by atoms with van der Waals surface area (Å²) in [6.45, 7) is 3.46. The van der Waals surface area contributed by atoms with Gasteiger partial charge in [-0.3, -0.25) is 0 Å². The molecule has 0 bridgehead atoms. The minimum atomic E-state index is -2.58. The first-order chi connectivity index (χ1) is 5.08. The van der Waals surface area contributed by atoms with E-state index in [1.54, 1.807) is 19.9 Å². The van der Waals surface area contributed by atoms with Gasteiger partial charge >= 0.3 is 0 Å². The van der Waals surface area contributed by atoms with Gasteiger partial charge in [-0.25, -0.2) is 8.99 Å². The first-order valence-corrected chi connectivity index (χ1v) is 5.11. The topological polar surface area (TPSA) is 54.1 Å². The molecule has 0 saturated heterocycles. The van der Waals surface area contributed by atoms with Crippen LogP contribution in [-0.4, -0.2) is 9.96 Å². The molecule has 1 N–H and O–H groups in total. The third kappa shape index (κ3) is 1.45. The van der Waals surface area contributed by atoms with Crippen molar-refractivity contribution in [3.8, 4) is 0 Å². The molecule has 0 saturated carbocycles. The summed E-state index contributed by atoms with van der Waals surface area (Å²) in [6, 6.07) is 1.61. The number of hydrogen-bond donors (Lipinski definition) is 1. The molecule has 3 nitrogen and oxygen atoms in total. The Balaban J connectivity index is 3.22. The summed E-state index contributed by atoms with van der Waals surface area (Å²) < 4.78 is 23.8. The van der Waals surface area contributed by atoms with Crippen LogP contribution in [0.2, 0.25) is 0 Å². The second kappa shape index (κ2) is 2.70. The maximum absolute atomic E-state index is 11.4. The van der Waals surface area contributed by atoms with E-state index in [0.717, 1.165) is 0 Å². The molecule has 0 radical (unpaired) electrons. The minimum absolute atomic E-state index is 0.341. The van der Waals surface area contributed by atoms with Crippen LogP contribution in [0.15, 0.2) is 21.6 Å². The van der Waals surface area contributed by atoms with Gasteiger partial charge in [-0.15, -0.1) is 0 Å². The van der Waals surface area contributed by atoms with Crippen LogP contribution < -0.4 is 0 Å². The Morgan fingerprint density at radius 2 is 2.36 bits per heavy atom. The van der Waals surface area contributed by atoms with E-state index in [9.17, 15) is 4.21 Å². The number of aryl methyl sites for hydroxylation is 1. The highest BCUT2D eigenvalue weighted by Gasteiger charge is 2.12. The average molecular weight is 173 g/mol. The smallest absolute Gasteiger partial charge is 0.117 e. The fourth-order valence-corrected chi connectivity index (χ4v) is 1.97. The van der Waals surface area contributed by atoms with Crippen LogP contribution in [0.25, 0.3) is 0 Å². The number of hydrogen-bond acceptors (Lipinski definition) is 3. The highest BCUT2D eigenvalue weighted by Crippen LogP contribution is 2.17. The first-order valence-electron chi connectivity index (χ1n) is 3.38. The molecule has 0 aliphatic carbocycles. The average Bonchev–Trinajstić information content (AvgIpc) is 2.36. The number of nitrogens with one attached hydrogen (secondary N) is 1. The molecule has 0 fully saturated rings. The zero-order chi connectivity index (χ0) is 8.48. The van der Waals surface area contributed by atoms with Crippen LogP contribution in [0, 0.1) is 11.7 Å². The maximum Gasteiger partial charge on any atom is 0.117 e. The zero-order valence-electron chi connectivity index (χ0n) is 6.59. The Morgan fingerprint density at radius 3 is 2.73 bits per heavy atom. The van der Waals surface area contributed by atoms with Crippen LogP contribution in [0.4, 0.5) is 0 Å². The maximum atomic E-state index is 11.4. The van der Waals surface area contributed by atoms with Crippen molar-refractivity contribution in [3.63, 3.8) is 0 Å². The van der Waals surface area contributed by atoms with Gasteiger partial charge in [0.25, 0.3) is 0 Å². The Bertz CT molecular complexity index is 337. The predicted molar refractivity (Wildman–Crippen MR) is 43.1 cm³/mol. The molecule has 4 heteroatoms. The summed E-state index contributed by atoms with van der Waals surface area (Å²) in [7, 11) is -2.58. The van der Waals surface area contributed by atoms with Crippen molar-refractivity contribution in [2.75, 3.05) is 5.75 Å². The second-order valence-electron chi connectivity index (χ2n) is 2.30. The largest absolute Gasteiger partial charge is 0.468 e. The molecule has 1 rings (SSSR count). The van der Waals surface area contributed by atoms with Gasteiger partial charge in [0.1, 0.15) is 5.76 Å². The molecule has 0 aliphatic heterocycles. The van der Waals surface area contributed by atoms with Crippen molar-refractivity contribution in [2.24, 2.45) is 0 Å². The Labute approximate surface area is 66.4 Å². The summed E-state index contributed by atoms with van der Waals surface area (Å²) >= 11 is 0. The molecular formula is C7H11NO2S. The van der Waals surface area contributed by atoms with E-state index in [1.165, 1.54) is 6.26 Å². The lowest BCUT2D eigenvalue weighted by molar-refractivity contribution is 0.525. The molecule has 1 aromatic rings. The summed E-state index contributed by atoms with van der Waals surface area (Å²) in [5, 5.41) is 0. The van der Waals surface area contributed by atoms with Gasteiger partial charge in [-0.1, -0.05) is 6.92 Å². The van der Waals surface area contributed by atoms with Crippen LogP contribution in [0.1, 0.15) is 12.7 Å². The summed E-state index contributed by atoms with van der Waals surface area (Å²) in [4.78, 5) is 0.528. The molecule has 1 heterocycles. The molecule has 0 aromatic carbocycles. The standard InChI is InChI=1S/C7H11NO2S/c1-3-11(8,9)7-4-5-10-6(7)2/h4-5,8H,3H2,1-2H3. The van der Waals surface area contributed by atoms with Gasteiger partial charge in [0, 0.05) is 5.75 Å². The Morgan fingerprint density at radius 1 is 1.73 bits per heavy atom. The number of furan rings is 1. The van der Waals surface area contributed by atoms with E-state index in [2.05, 4.69) is 0 Å². The SMILES string of the molecule is CCS(=N)(=O)c1ccoc1C. The van der Waals surface area contributed by atoms with Crippen molar-refractivity contribution in [1.82, 2.24) is 0 Å². The van der Waals surface area contributed by atoms with Crippen LogP contribution >= 0.6 is 0 Å². The number of rotatable bonds is 2. The molecule has 1 atom stereocenters. The fourth-order valence-electron chi connectivity index (χ4n) is 0.871. The van der Waals surface area contributed by atoms with E-state index in [4.69, 9.17) is 9.20 Å². The van der Waals surface area contributed by atoms with Crippen LogP contribution in [0.3, 0.4) is 0 Å². The van der Waals surface area contributed by atoms with E-state index < -0.39 is 9.73 Å². The Hall–Kier alpha value is -0.770. The minimum Gasteiger partial charge on any atom is -0.468 e. The highest BCUT2D eigenvalue weighted by atomic mass is 32.2. The molecule has 62 valence electrons. The molecule has 0 aliphatic rings. The van der Waals surface area contributed by atoms with Crippen molar-refractivity contribution >= 4 is 9.73 Å². The normalized spacial score (nSPS) is 16.2. The molecule has 1 unspecified atom stereocenters. The zero-order valence-corrected chi connectivity index (χ0v) is 7.40. The van der Waals surface area contributed by atoms with Crippen molar-refractivity contribution < 1.29 is 8.63 Å². The lowest BCUT2D eigenvalue weighted by atomic mass is 10.5. The quantitative estimate of drug-likeness (QED) is 0.743. The van der Waals surface area contributed by atoms with Gasteiger partial charge in [0.05, 0.1) is 20.9 Å². The highest BCUT2D eigenvalue weighted by molar-refractivity contribution is 7.92. The van der Waals surface area contributed by atoms with Gasteiger partial charge in [0.15, 0.2) is 0 Å². The van der Waals surface area contributed by atoms with Gasteiger partial charge in [-0.05, 0) is 13.0 Å². The van der Waals surface area contributed by atoms with Gasteiger partial charge in [-0.2, -0.15) is 0 Å². The van der Waals surface area contributed by atoms with Crippen molar-refractivity contribution in [2.45, 2.75) is 18.7 Å². The molecule has 1 aromatic heterocycles. The predicted octanol–water partition coefficient (Wildman–Crippen LogP) is 2.01. The van der Waals surface area contributed by atoms with Crippen LogP contribution in [-0.2, 0) is 9.73 Å². The van der Waals surface area contributed by atoms with E-state index in [1.807, 2.05) is 0 Å². The van der Waals surface area contributed by atoms with E-state index >= 15 is 0 Å². The first kappa shape index (κ1) is 8.33. The van der Waals surface area contributed by atoms with E-state index in [-0.39, 0.29) is 0 Å².